The molecule has 67 heavy (non-hydrogen) atoms. The molecule has 0 atom stereocenters. The van der Waals surface area contributed by atoms with Gasteiger partial charge in [0.05, 0.1) is 10.8 Å². The van der Waals surface area contributed by atoms with Gasteiger partial charge in [0, 0.05) is 32.2 Å². The summed E-state index contributed by atoms with van der Waals surface area (Å²) in [5.74, 6) is 0. The molecule has 2 aliphatic carbocycles. The predicted molar refractivity (Wildman–Crippen MR) is 277 cm³/mol. The van der Waals surface area contributed by atoms with Crippen molar-refractivity contribution in [2.45, 2.75) is 24.7 Å². The molecular formula is C64H45O2P. The quantitative estimate of drug-likeness (QED) is 0.142. The van der Waals surface area contributed by atoms with Gasteiger partial charge in [-0.05, 0) is 81.1 Å². The lowest BCUT2D eigenvalue weighted by Crippen LogP contribution is -2.33. The number of furan rings is 1. The standard InChI is InChI=1S/C64H45O2P/c1-42-38-55-60-57(40-42)64(47-32-30-44(31-33-47)52-27-17-28-54-53-26-15-16-29-59(53)66-62(52)54,48-34-36-51(37-35-48)67(65,49-22-11-5-12-23-49)50-24-13-6-14-25-50)58-41-43(2)39-56(61(58)60)63(55,45-18-7-3-8-19-45)46-20-9-4-10-21-46/h3-41H,1-2H3. The normalized spacial score (nSPS) is 14.1. The van der Waals surface area contributed by atoms with Crippen molar-refractivity contribution in [1.82, 2.24) is 0 Å². The molecule has 0 spiro atoms. The molecule has 11 aromatic rings. The maximum absolute atomic E-state index is 15.8. The van der Waals surface area contributed by atoms with Gasteiger partial charge < -0.3 is 8.98 Å². The zero-order valence-electron chi connectivity index (χ0n) is 37.3. The van der Waals surface area contributed by atoms with Crippen molar-refractivity contribution >= 4 is 45.0 Å². The third kappa shape index (κ3) is 5.48. The second kappa shape index (κ2) is 14.9. The fourth-order valence-corrected chi connectivity index (χ4v) is 14.7. The second-order valence-corrected chi connectivity index (χ2v) is 21.2. The Bertz CT molecular complexity index is 3610. The van der Waals surface area contributed by atoms with Gasteiger partial charge in [-0.2, -0.15) is 0 Å². The Hall–Kier alpha value is -7.77. The molecule has 2 nitrogen and oxygen atoms in total. The van der Waals surface area contributed by atoms with Gasteiger partial charge in [0.15, 0.2) is 7.14 Å². The van der Waals surface area contributed by atoms with Crippen LogP contribution in [0, 0.1) is 13.8 Å². The molecule has 318 valence electrons. The van der Waals surface area contributed by atoms with E-state index in [1.807, 2.05) is 72.8 Å². The van der Waals surface area contributed by atoms with E-state index in [2.05, 4.69) is 178 Å². The molecule has 0 saturated heterocycles. The summed E-state index contributed by atoms with van der Waals surface area (Å²) in [6.07, 6.45) is 0. The van der Waals surface area contributed by atoms with Gasteiger partial charge in [-0.15, -0.1) is 0 Å². The van der Waals surface area contributed by atoms with Crippen LogP contribution in [-0.2, 0) is 15.4 Å². The molecule has 2 aliphatic rings. The Balaban J connectivity index is 1.09. The predicted octanol–water partition coefficient (Wildman–Crippen LogP) is 14.6. The summed E-state index contributed by atoms with van der Waals surface area (Å²) in [6.45, 7) is 4.51. The highest BCUT2D eigenvalue weighted by atomic mass is 31.2. The van der Waals surface area contributed by atoms with Crippen LogP contribution in [0.25, 0.3) is 44.2 Å². The maximum atomic E-state index is 15.8. The van der Waals surface area contributed by atoms with Gasteiger partial charge in [-0.1, -0.05) is 242 Å². The number of para-hydroxylation sites is 2. The van der Waals surface area contributed by atoms with Crippen LogP contribution in [0.15, 0.2) is 241 Å². The lowest BCUT2D eigenvalue weighted by molar-refractivity contribution is 0.592. The van der Waals surface area contributed by atoms with E-state index >= 15 is 4.57 Å². The van der Waals surface area contributed by atoms with Crippen molar-refractivity contribution in [2.75, 3.05) is 0 Å². The highest BCUT2D eigenvalue weighted by Crippen LogP contribution is 2.67. The van der Waals surface area contributed by atoms with Gasteiger partial charge >= 0.3 is 0 Å². The van der Waals surface area contributed by atoms with E-state index in [0.29, 0.717) is 0 Å². The first-order valence-electron chi connectivity index (χ1n) is 23.2. The third-order valence-corrected chi connectivity index (χ3v) is 17.9. The highest BCUT2D eigenvalue weighted by Gasteiger charge is 2.56. The molecule has 0 fully saturated rings. The molecule has 0 bridgehead atoms. The van der Waals surface area contributed by atoms with Gasteiger partial charge in [-0.3, -0.25) is 0 Å². The Morgan fingerprint density at radius 3 is 1.25 bits per heavy atom. The summed E-state index contributed by atoms with van der Waals surface area (Å²) in [7, 11) is -3.23. The van der Waals surface area contributed by atoms with Gasteiger partial charge in [0.1, 0.15) is 11.2 Å². The van der Waals surface area contributed by atoms with Crippen LogP contribution in [-0.4, -0.2) is 0 Å². The van der Waals surface area contributed by atoms with Crippen LogP contribution < -0.4 is 15.9 Å². The van der Waals surface area contributed by atoms with E-state index in [1.54, 1.807) is 0 Å². The molecule has 0 N–H and O–H groups in total. The maximum Gasteiger partial charge on any atom is 0.171 e. The first-order valence-corrected chi connectivity index (χ1v) is 24.9. The fraction of sp³-hybridized carbons (Fsp3) is 0.0625. The lowest BCUT2D eigenvalue weighted by Gasteiger charge is -2.39. The van der Waals surface area contributed by atoms with Crippen molar-refractivity contribution in [3.63, 3.8) is 0 Å². The van der Waals surface area contributed by atoms with E-state index in [0.717, 1.165) is 54.5 Å². The molecule has 0 amide bonds. The van der Waals surface area contributed by atoms with Crippen LogP contribution >= 0.6 is 7.14 Å². The smallest absolute Gasteiger partial charge is 0.171 e. The van der Waals surface area contributed by atoms with Gasteiger partial charge in [0.2, 0.25) is 0 Å². The van der Waals surface area contributed by atoms with E-state index in [-0.39, 0.29) is 0 Å². The number of rotatable bonds is 8. The number of aryl methyl sites for hydroxylation is 2. The van der Waals surface area contributed by atoms with Crippen LogP contribution in [0.3, 0.4) is 0 Å². The van der Waals surface area contributed by atoms with E-state index in [9.17, 15) is 0 Å². The van der Waals surface area contributed by atoms with Crippen molar-refractivity contribution < 1.29 is 8.98 Å². The van der Waals surface area contributed by atoms with Crippen LogP contribution in [0.4, 0.5) is 0 Å². The SMILES string of the molecule is Cc1cc2c3c(c1)C(c1ccc(-c4cccc5c4oc4ccccc45)cc1)(c1ccc(P(=O)(c4ccccc4)c4ccccc4)cc1)c1cc(C)cc(c1-3)C2(c1ccccc1)c1ccccc1. The number of fused-ring (bicyclic) bond motifs is 3. The number of hydrogen-bond donors (Lipinski definition) is 0. The summed E-state index contributed by atoms with van der Waals surface area (Å²) in [5.41, 5.74) is 17.7. The summed E-state index contributed by atoms with van der Waals surface area (Å²) in [4.78, 5) is 0. The van der Waals surface area contributed by atoms with Crippen molar-refractivity contribution in [2.24, 2.45) is 0 Å². The van der Waals surface area contributed by atoms with Crippen LogP contribution in [0.2, 0.25) is 0 Å². The minimum absolute atomic E-state index is 0.530. The zero-order chi connectivity index (χ0) is 44.9. The molecule has 1 aromatic heterocycles. The average molecular weight is 877 g/mol. The number of hydrogen-bond acceptors (Lipinski definition) is 2. The number of benzene rings is 10. The molecule has 10 aromatic carbocycles. The molecule has 0 aliphatic heterocycles. The minimum Gasteiger partial charge on any atom is -0.455 e. The fourth-order valence-electron chi connectivity index (χ4n) is 12.1. The summed E-state index contributed by atoms with van der Waals surface area (Å²) < 4.78 is 22.4. The summed E-state index contributed by atoms with van der Waals surface area (Å²) in [6, 6.07) is 84.7. The van der Waals surface area contributed by atoms with Crippen LogP contribution in [0.1, 0.15) is 55.6 Å². The molecule has 0 radical (unpaired) electrons. The Kier molecular flexibility index (Phi) is 8.79. The zero-order valence-corrected chi connectivity index (χ0v) is 38.2. The molecule has 0 unspecified atom stereocenters. The highest BCUT2D eigenvalue weighted by molar-refractivity contribution is 7.85. The molecule has 1 heterocycles. The topological polar surface area (TPSA) is 30.2 Å². The third-order valence-electron chi connectivity index (χ3n) is 14.8. The van der Waals surface area contributed by atoms with Crippen molar-refractivity contribution in [1.29, 1.82) is 0 Å². The largest absolute Gasteiger partial charge is 0.455 e. The molecule has 13 rings (SSSR count). The Morgan fingerprint density at radius 2 is 0.761 bits per heavy atom. The summed E-state index contributed by atoms with van der Waals surface area (Å²) in [5, 5.41) is 4.69. The molecule has 0 saturated carbocycles. The van der Waals surface area contributed by atoms with E-state index in [1.165, 1.54) is 61.2 Å². The monoisotopic (exact) mass is 876 g/mol. The Morgan fingerprint density at radius 1 is 0.373 bits per heavy atom. The van der Waals surface area contributed by atoms with Crippen molar-refractivity contribution in [3.8, 4) is 22.3 Å². The lowest BCUT2D eigenvalue weighted by atomic mass is 9.62. The van der Waals surface area contributed by atoms with E-state index in [4.69, 9.17) is 4.42 Å². The minimum atomic E-state index is -3.23. The van der Waals surface area contributed by atoms with Gasteiger partial charge in [0.25, 0.3) is 0 Å². The Labute approximate surface area is 391 Å². The van der Waals surface area contributed by atoms with E-state index < -0.39 is 18.0 Å². The average Bonchev–Trinajstić information content (AvgIpc) is 4.01. The van der Waals surface area contributed by atoms with Crippen LogP contribution in [0.5, 0.6) is 0 Å². The van der Waals surface area contributed by atoms with Crippen molar-refractivity contribution in [3.05, 3.63) is 292 Å². The molecule has 3 heteroatoms. The second-order valence-electron chi connectivity index (χ2n) is 18.4. The first kappa shape index (κ1) is 39.6. The summed E-state index contributed by atoms with van der Waals surface area (Å²) >= 11 is 0. The molecular weight excluding hydrogens is 832 g/mol. The van der Waals surface area contributed by atoms with Gasteiger partial charge in [-0.25, -0.2) is 0 Å². The first-order chi connectivity index (χ1) is 32.9.